The molecule has 9 nitrogen and oxygen atoms in total. The minimum atomic E-state index is -0.962. The summed E-state index contributed by atoms with van der Waals surface area (Å²) in [5, 5.41) is 17.5. The van der Waals surface area contributed by atoms with Crippen molar-refractivity contribution in [2.45, 2.75) is 98.1 Å². The molecule has 2 aromatic rings. The minimum Gasteiger partial charge on any atom is -0.480 e. The fourth-order valence-electron chi connectivity index (χ4n) is 5.65. The van der Waals surface area contributed by atoms with Gasteiger partial charge in [-0.3, -0.25) is 19.4 Å². The number of carboxylic acids is 1. The van der Waals surface area contributed by atoms with Crippen LogP contribution in [0.2, 0.25) is 0 Å². The van der Waals surface area contributed by atoms with Crippen molar-refractivity contribution in [2.24, 2.45) is 17.3 Å². The predicted octanol–water partition coefficient (Wildman–Crippen LogP) is 6.01. The lowest BCUT2D eigenvalue weighted by Gasteiger charge is -2.34. The molecule has 0 bridgehead atoms. The van der Waals surface area contributed by atoms with Crippen molar-refractivity contribution in [1.29, 1.82) is 0 Å². The lowest BCUT2D eigenvalue weighted by molar-refractivity contribution is -0.148. The summed E-state index contributed by atoms with van der Waals surface area (Å²) in [6, 6.07) is 9.10. The van der Waals surface area contributed by atoms with E-state index in [-0.39, 0.29) is 23.1 Å². The lowest BCUT2D eigenvalue weighted by Crippen LogP contribution is -2.59. The maximum Gasteiger partial charge on any atom is 0.322 e. The van der Waals surface area contributed by atoms with Gasteiger partial charge in [-0.2, -0.15) is 0 Å². The first kappa shape index (κ1) is 34.0. The fourth-order valence-corrected chi connectivity index (χ4v) is 5.65. The van der Waals surface area contributed by atoms with Crippen molar-refractivity contribution in [2.75, 3.05) is 18.9 Å². The van der Waals surface area contributed by atoms with Crippen molar-refractivity contribution < 1.29 is 19.5 Å². The number of aromatic nitrogens is 1. The van der Waals surface area contributed by atoms with Crippen LogP contribution in [0.25, 0.3) is 17.0 Å². The number of nitrogens with one attached hydrogen (secondary N) is 3. The van der Waals surface area contributed by atoms with Gasteiger partial charge in [0.05, 0.1) is 5.52 Å². The highest BCUT2D eigenvalue weighted by molar-refractivity contribution is 5.88. The van der Waals surface area contributed by atoms with Crippen LogP contribution in [-0.4, -0.2) is 58.6 Å². The van der Waals surface area contributed by atoms with Crippen LogP contribution in [0.4, 0.5) is 5.82 Å². The Hall–Kier alpha value is -3.46. The van der Waals surface area contributed by atoms with Gasteiger partial charge in [0.25, 0.3) is 5.91 Å². The number of nitrogens with zero attached hydrogens (tertiary/aromatic N) is 2. The summed E-state index contributed by atoms with van der Waals surface area (Å²) in [5.74, 6) is -0.0164. The highest BCUT2D eigenvalue weighted by atomic mass is 16.4. The number of allylic oxidation sites excluding steroid dienone is 1. The number of hydrogen-bond acceptors (Lipinski definition) is 6. The van der Waals surface area contributed by atoms with Crippen LogP contribution < -0.4 is 16.1 Å². The normalized spacial score (nSPS) is 19.0. The molecule has 4 N–H and O–H groups in total. The number of fused-ring (bicyclic) bond motifs is 1. The molecule has 0 spiro atoms. The molecule has 3 atom stereocenters. The molecule has 9 heteroatoms. The van der Waals surface area contributed by atoms with E-state index in [2.05, 4.69) is 78.2 Å². The third-order valence-corrected chi connectivity index (χ3v) is 8.84. The topological polar surface area (TPSA) is 124 Å². The molecule has 2 aliphatic rings. The van der Waals surface area contributed by atoms with Gasteiger partial charge in [-0.25, -0.2) is 10.4 Å². The number of amides is 2. The molecule has 1 saturated carbocycles. The van der Waals surface area contributed by atoms with Gasteiger partial charge >= 0.3 is 5.97 Å². The zero-order valence-electron chi connectivity index (χ0n) is 26.8. The van der Waals surface area contributed by atoms with Gasteiger partial charge in [-0.15, -0.1) is 0 Å². The summed E-state index contributed by atoms with van der Waals surface area (Å²) in [5.41, 5.74) is 5.22. The Bertz CT molecular complexity index is 1270. The number of hydrogen-bond donors (Lipinski definition) is 4. The van der Waals surface area contributed by atoms with Crippen molar-refractivity contribution in [1.82, 2.24) is 20.7 Å². The number of aliphatic carboxylic acids is 1. The predicted molar refractivity (Wildman–Crippen MR) is 173 cm³/mol. The number of carboxylic acid groups (broad SMARTS) is 1. The van der Waals surface area contributed by atoms with Crippen LogP contribution in [0, 0.1) is 17.3 Å². The van der Waals surface area contributed by atoms with Crippen molar-refractivity contribution in [3.8, 4) is 0 Å². The Morgan fingerprint density at radius 1 is 1.12 bits per heavy atom. The number of rotatable bonds is 10. The van der Waals surface area contributed by atoms with Crippen LogP contribution >= 0.6 is 0 Å². The molecule has 3 unspecified atom stereocenters. The van der Waals surface area contributed by atoms with Crippen LogP contribution in [0.5, 0.6) is 0 Å². The number of carbonyl (C=O) groups is 3. The van der Waals surface area contributed by atoms with Crippen LogP contribution in [-0.2, 0) is 14.4 Å². The second kappa shape index (κ2) is 15.8. The van der Waals surface area contributed by atoms with E-state index in [0.29, 0.717) is 25.3 Å². The number of carbonyl (C=O) groups excluding carboxylic acids is 2. The third kappa shape index (κ3) is 9.78. The maximum absolute atomic E-state index is 12.5. The van der Waals surface area contributed by atoms with Crippen molar-refractivity contribution in [3.63, 3.8) is 0 Å². The van der Waals surface area contributed by atoms with Gasteiger partial charge in [0.1, 0.15) is 17.9 Å². The molecule has 1 saturated heterocycles. The Morgan fingerprint density at radius 3 is 2.44 bits per heavy atom. The molecule has 0 radical (unpaired) electrons. The molecule has 1 aliphatic heterocycles. The molecule has 1 aromatic heterocycles. The highest BCUT2D eigenvalue weighted by Gasteiger charge is 2.33. The Morgan fingerprint density at radius 2 is 1.81 bits per heavy atom. The van der Waals surface area contributed by atoms with E-state index in [1.807, 2.05) is 20.0 Å². The molecule has 4 rings (SSSR count). The van der Waals surface area contributed by atoms with Crippen LogP contribution in [0.3, 0.4) is 0 Å². The molecular weight excluding hydrogens is 542 g/mol. The van der Waals surface area contributed by atoms with E-state index >= 15 is 0 Å². The van der Waals surface area contributed by atoms with E-state index < -0.39 is 18.1 Å². The molecule has 236 valence electrons. The van der Waals surface area contributed by atoms with Gasteiger partial charge in [-0.05, 0) is 80.5 Å². The molecule has 2 amide bonds. The van der Waals surface area contributed by atoms with Gasteiger partial charge in [0.15, 0.2) is 0 Å². The SMILES string of the molecule is CCC(C(=O)NC(C)C(=O)N1CCCC(C(=O)O)N1)C1CCCC1.CCC(C)(C)/C=C/c1ccc2ccc(NC)nc2c1. The minimum absolute atomic E-state index is 0.0381. The number of hydrazine groups is 1. The summed E-state index contributed by atoms with van der Waals surface area (Å²) in [6.07, 6.45) is 12.0. The average Bonchev–Trinajstić information content (AvgIpc) is 3.54. The largest absolute Gasteiger partial charge is 0.480 e. The van der Waals surface area contributed by atoms with Gasteiger partial charge in [0, 0.05) is 24.9 Å². The quantitative estimate of drug-likeness (QED) is 0.266. The monoisotopic (exact) mass is 593 g/mol. The maximum atomic E-state index is 12.5. The van der Waals surface area contributed by atoms with Crippen LogP contribution in [0.1, 0.15) is 91.5 Å². The summed E-state index contributed by atoms with van der Waals surface area (Å²) in [6.45, 7) is 10.9. The van der Waals surface area contributed by atoms with Crippen molar-refractivity contribution >= 4 is 40.6 Å². The third-order valence-electron chi connectivity index (χ3n) is 8.84. The average molecular weight is 594 g/mol. The second-order valence-electron chi connectivity index (χ2n) is 12.5. The molecule has 2 heterocycles. The van der Waals surface area contributed by atoms with E-state index in [4.69, 9.17) is 5.11 Å². The number of anilines is 1. The van der Waals surface area contributed by atoms with E-state index in [0.717, 1.165) is 37.0 Å². The zero-order chi connectivity index (χ0) is 31.6. The molecular formula is C34H51N5O4. The van der Waals surface area contributed by atoms with Crippen LogP contribution in [0.15, 0.2) is 36.4 Å². The number of pyridine rings is 1. The van der Waals surface area contributed by atoms with Gasteiger partial charge < -0.3 is 15.7 Å². The molecule has 2 fully saturated rings. The molecule has 43 heavy (non-hydrogen) atoms. The molecule has 1 aromatic carbocycles. The summed E-state index contributed by atoms with van der Waals surface area (Å²) >= 11 is 0. The van der Waals surface area contributed by atoms with Crippen molar-refractivity contribution in [3.05, 3.63) is 42.0 Å². The van der Waals surface area contributed by atoms with E-state index in [9.17, 15) is 14.4 Å². The summed E-state index contributed by atoms with van der Waals surface area (Å²) in [4.78, 5) is 40.7. The summed E-state index contributed by atoms with van der Waals surface area (Å²) in [7, 11) is 1.89. The second-order valence-corrected chi connectivity index (χ2v) is 12.5. The van der Waals surface area contributed by atoms with E-state index in [1.165, 1.54) is 28.8 Å². The van der Waals surface area contributed by atoms with E-state index in [1.54, 1.807) is 6.92 Å². The molecule has 1 aliphatic carbocycles. The first-order valence-corrected chi connectivity index (χ1v) is 15.9. The fraction of sp³-hybridized carbons (Fsp3) is 0.588. The lowest BCUT2D eigenvalue weighted by atomic mass is 9.88. The summed E-state index contributed by atoms with van der Waals surface area (Å²) < 4.78 is 0. The Kier molecular flexibility index (Phi) is 12.5. The first-order chi connectivity index (χ1) is 20.5. The standard InChI is InChI=1S/C17H29N3O4.C17H22N2/c1-3-13(12-7-4-5-8-12)15(21)18-11(2)16(22)20-10-6-9-14(19-20)17(23)24;1-5-17(2,3)11-10-13-6-7-14-8-9-16(18-4)19-15(14)12-13/h11-14,19H,3-10H2,1-2H3,(H,18,21)(H,23,24);6-12H,5H2,1-4H3,(H,18,19)/b;11-10+. The first-order valence-electron chi connectivity index (χ1n) is 15.9. The zero-order valence-corrected chi connectivity index (χ0v) is 26.8. The van der Waals surface area contributed by atoms with Gasteiger partial charge in [-0.1, -0.05) is 64.8 Å². The van der Waals surface area contributed by atoms with Gasteiger partial charge in [0.2, 0.25) is 5.91 Å². The highest BCUT2D eigenvalue weighted by Crippen LogP contribution is 2.33. The number of benzene rings is 1. The smallest absolute Gasteiger partial charge is 0.322 e. The Balaban J connectivity index is 0.000000242. The Labute approximate surface area is 256 Å².